The van der Waals surface area contributed by atoms with Crippen molar-refractivity contribution >= 4 is 58.2 Å². The molecule has 4 aromatic carbocycles. The van der Waals surface area contributed by atoms with Crippen LogP contribution in [0.4, 0.5) is 33.2 Å². The van der Waals surface area contributed by atoms with Gasteiger partial charge < -0.3 is 54.7 Å². The Morgan fingerprint density at radius 1 is 0.779 bits per heavy atom. The molecule has 2 aliphatic heterocycles. The molecular formula is C51H52N8O9. The average molecular weight is 921 g/mol. The first-order valence-electron chi connectivity index (χ1n) is 21.9. The number of fused-ring (bicyclic) bond motifs is 3. The number of aromatic nitrogens is 2. The van der Waals surface area contributed by atoms with Crippen LogP contribution in [-0.4, -0.2) is 83.5 Å². The summed E-state index contributed by atoms with van der Waals surface area (Å²) in [5, 5.41) is 8.64. The summed E-state index contributed by atoms with van der Waals surface area (Å²) in [6, 6.07) is 28.0. The summed E-state index contributed by atoms with van der Waals surface area (Å²) in [6.07, 6.45) is 4.14. The van der Waals surface area contributed by atoms with Crippen molar-refractivity contribution in [2.75, 3.05) is 54.0 Å². The molecule has 0 fully saturated rings. The Balaban J connectivity index is 0.879. The number of methoxy groups -OCH3 is 2. The fourth-order valence-electron chi connectivity index (χ4n) is 8.49. The number of amides is 5. The van der Waals surface area contributed by atoms with Crippen LogP contribution in [0.1, 0.15) is 55.3 Å². The van der Waals surface area contributed by atoms with Gasteiger partial charge in [0.25, 0.3) is 17.7 Å². The lowest BCUT2D eigenvalue weighted by Gasteiger charge is -2.41. The number of rotatable bonds is 15. The summed E-state index contributed by atoms with van der Waals surface area (Å²) in [5.74, 6) is -0.740. The first-order chi connectivity index (χ1) is 32.8. The van der Waals surface area contributed by atoms with Crippen LogP contribution in [-0.2, 0) is 41.3 Å². The molecule has 2 atom stereocenters. The minimum atomic E-state index is -0.910. The molecular weight excluding hydrogens is 869 g/mol. The molecule has 350 valence electrons. The lowest BCUT2D eigenvalue weighted by atomic mass is 9.92. The second kappa shape index (κ2) is 20.1. The molecule has 5 N–H and O–H groups in total. The predicted molar refractivity (Wildman–Crippen MR) is 258 cm³/mol. The number of nitrogen functional groups attached to an aromatic ring is 1. The van der Waals surface area contributed by atoms with Gasteiger partial charge in [-0.05, 0) is 84.1 Å². The first-order valence-corrected chi connectivity index (χ1v) is 21.9. The van der Waals surface area contributed by atoms with Crippen molar-refractivity contribution in [1.29, 1.82) is 0 Å². The zero-order chi connectivity index (χ0) is 48.1. The number of benzene rings is 4. The van der Waals surface area contributed by atoms with Crippen LogP contribution in [0.15, 0.2) is 122 Å². The van der Waals surface area contributed by atoms with Crippen LogP contribution >= 0.6 is 0 Å². The molecule has 17 nitrogen and oxygen atoms in total. The van der Waals surface area contributed by atoms with Crippen molar-refractivity contribution in [3.8, 4) is 22.6 Å². The Labute approximate surface area is 393 Å². The molecule has 0 aliphatic carbocycles. The van der Waals surface area contributed by atoms with Gasteiger partial charge in [0, 0.05) is 75.3 Å². The Morgan fingerprint density at radius 2 is 1.44 bits per heavy atom. The summed E-state index contributed by atoms with van der Waals surface area (Å²) in [4.78, 5) is 70.7. The van der Waals surface area contributed by atoms with Crippen LogP contribution < -0.4 is 36.1 Å². The van der Waals surface area contributed by atoms with Crippen molar-refractivity contribution in [3.63, 3.8) is 0 Å². The maximum absolute atomic E-state index is 14.4. The van der Waals surface area contributed by atoms with Crippen LogP contribution in [0, 0.1) is 0 Å². The molecule has 8 rings (SSSR count). The monoisotopic (exact) mass is 920 g/mol. The number of carbonyl (C=O) groups is 5. The van der Waals surface area contributed by atoms with Gasteiger partial charge in [0.05, 0.1) is 36.7 Å². The summed E-state index contributed by atoms with van der Waals surface area (Å²) >= 11 is 0. The van der Waals surface area contributed by atoms with Gasteiger partial charge in [0.15, 0.2) is 17.7 Å². The van der Waals surface area contributed by atoms with Crippen LogP contribution in [0.3, 0.4) is 0 Å². The molecule has 1 unspecified atom stereocenters. The van der Waals surface area contributed by atoms with E-state index < -0.39 is 18.4 Å². The zero-order valence-electron chi connectivity index (χ0n) is 38.1. The number of hydrogen-bond donors (Lipinski definition) is 4. The first kappa shape index (κ1) is 46.2. The average Bonchev–Trinajstić information content (AvgIpc) is 3.90. The second-order valence-corrected chi connectivity index (χ2v) is 16.4. The fraction of sp³-hybridized carbons (Fsp3) is 0.235. The number of ether oxygens (including phenoxy) is 4. The summed E-state index contributed by atoms with van der Waals surface area (Å²) in [6.45, 7) is 4.01. The van der Waals surface area contributed by atoms with E-state index >= 15 is 0 Å². The zero-order valence-corrected chi connectivity index (χ0v) is 38.1. The van der Waals surface area contributed by atoms with Crippen molar-refractivity contribution in [2.45, 2.75) is 38.1 Å². The van der Waals surface area contributed by atoms with Gasteiger partial charge in [-0.25, -0.2) is 9.69 Å². The van der Waals surface area contributed by atoms with Gasteiger partial charge >= 0.3 is 6.09 Å². The van der Waals surface area contributed by atoms with Crippen LogP contribution in [0.5, 0.6) is 11.5 Å². The highest BCUT2D eigenvalue weighted by atomic mass is 16.6. The van der Waals surface area contributed by atoms with Crippen molar-refractivity contribution in [1.82, 2.24) is 14.0 Å². The maximum Gasteiger partial charge on any atom is 0.416 e. The molecule has 0 spiro atoms. The Bertz CT molecular complexity index is 2890. The van der Waals surface area contributed by atoms with Crippen LogP contribution in [0.2, 0.25) is 0 Å². The molecule has 0 bridgehead atoms. The Hall–Kier alpha value is -8.31. The van der Waals surface area contributed by atoms with Gasteiger partial charge in [0.1, 0.15) is 18.0 Å². The van der Waals surface area contributed by atoms with Gasteiger partial charge in [0.2, 0.25) is 5.91 Å². The number of nitrogens with one attached hydrogen (secondary N) is 3. The highest BCUT2D eigenvalue weighted by Gasteiger charge is 2.46. The highest BCUT2D eigenvalue weighted by molar-refractivity contribution is 6.07. The minimum Gasteiger partial charge on any atom is -0.493 e. The standard InChI is InChI=1S/C51H52N8O9/c1-6-21-68-51(64)59-40-27-45(44(65-4)26-39(40)49(63)58-29-33-11-8-7-10-32(33)23-43(58)50(59)66-5)67-22-9-12-46(60)53-38-25-42(57(3)30-38)48(62)54-36-17-13-31(14-18-36)34-24-41(56(2)28-34)47(61)55-37-19-15-35(52)16-20-37/h6-8,10-11,13-20,24-28,30,43,50H,1,9,12,21-23,29,52H2,2-5H3,(H,53,60)(H,54,62)(H,55,61)/t43-,50?/m0/s1. The SMILES string of the molecule is C=CCOC(=O)N1c2cc(OCCCC(=O)Nc3cc(C(=O)Nc4ccc(-c5cc(C(=O)Nc6ccc(N)cc6)n(C)c5)cc4)n(C)c3)c(OC)cc2C(=O)N2Cc3ccccc3C[C@H]2C1OC. The number of hydrogen-bond acceptors (Lipinski definition) is 10. The van der Waals surface area contributed by atoms with E-state index in [2.05, 4.69) is 22.5 Å². The predicted octanol–water partition coefficient (Wildman–Crippen LogP) is 7.61. The minimum absolute atomic E-state index is 0.0601. The largest absolute Gasteiger partial charge is 0.493 e. The highest BCUT2D eigenvalue weighted by Crippen LogP contribution is 2.42. The van der Waals surface area contributed by atoms with Gasteiger partial charge in [-0.2, -0.15) is 0 Å². The molecule has 2 aliphatic rings. The number of carbonyl (C=O) groups excluding carboxylic acids is 5. The number of anilines is 5. The smallest absolute Gasteiger partial charge is 0.416 e. The van der Waals surface area contributed by atoms with E-state index in [1.54, 1.807) is 95.0 Å². The molecule has 2 aromatic heterocycles. The van der Waals surface area contributed by atoms with Crippen molar-refractivity contribution in [2.24, 2.45) is 14.1 Å². The lowest BCUT2D eigenvalue weighted by Crippen LogP contribution is -2.56. The quantitative estimate of drug-likeness (QED) is 0.0452. The van der Waals surface area contributed by atoms with Gasteiger partial charge in [-0.1, -0.05) is 49.1 Å². The van der Waals surface area contributed by atoms with E-state index in [0.29, 0.717) is 53.5 Å². The van der Waals surface area contributed by atoms with E-state index in [1.807, 2.05) is 42.6 Å². The Kier molecular flexibility index (Phi) is 13.6. The molecule has 6 aromatic rings. The molecule has 0 saturated carbocycles. The fourth-order valence-corrected chi connectivity index (χ4v) is 8.49. The van der Waals surface area contributed by atoms with Crippen molar-refractivity contribution in [3.05, 3.63) is 150 Å². The second-order valence-electron chi connectivity index (χ2n) is 16.4. The van der Waals surface area contributed by atoms with E-state index in [4.69, 9.17) is 24.7 Å². The number of nitrogens with two attached hydrogens (primary N) is 1. The third-order valence-corrected chi connectivity index (χ3v) is 11.9. The molecule has 5 amide bonds. The maximum atomic E-state index is 14.4. The summed E-state index contributed by atoms with van der Waals surface area (Å²) in [5.41, 5.74) is 12.9. The number of nitrogens with zero attached hydrogens (tertiary/aromatic N) is 4. The molecule has 0 saturated heterocycles. The van der Waals surface area contributed by atoms with Gasteiger partial charge in [-0.15, -0.1) is 0 Å². The summed E-state index contributed by atoms with van der Waals surface area (Å²) in [7, 11) is 6.45. The van der Waals surface area contributed by atoms with E-state index in [0.717, 1.165) is 22.3 Å². The Morgan fingerprint density at radius 3 is 2.12 bits per heavy atom. The van der Waals surface area contributed by atoms with Crippen molar-refractivity contribution < 1.29 is 42.9 Å². The van der Waals surface area contributed by atoms with Crippen LogP contribution in [0.25, 0.3) is 11.1 Å². The molecule has 68 heavy (non-hydrogen) atoms. The molecule has 17 heteroatoms. The lowest BCUT2D eigenvalue weighted by molar-refractivity contribution is -0.116. The number of aryl methyl sites for hydroxylation is 2. The third-order valence-electron chi connectivity index (χ3n) is 11.9. The van der Waals surface area contributed by atoms with E-state index in [1.165, 1.54) is 25.2 Å². The molecule has 4 heterocycles. The van der Waals surface area contributed by atoms with E-state index in [-0.39, 0.29) is 66.0 Å². The normalized spacial score (nSPS) is 15.0. The summed E-state index contributed by atoms with van der Waals surface area (Å²) < 4.78 is 26.7. The van der Waals surface area contributed by atoms with E-state index in [9.17, 15) is 24.0 Å². The molecule has 0 radical (unpaired) electrons. The third kappa shape index (κ3) is 9.78. The van der Waals surface area contributed by atoms with Gasteiger partial charge in [-0.3, -0.25) is 19.2 Å². The topological polar surface area (TPSA) is 201 Å².